The van der Waals surface area contributed by atoms with Crippen molar-refractivity contribution in [3.63, 3.8) is 0 Å². The van der Waals surface area contributed by atoms with Crippen LogP contribution in [0.3, 0.4) is 0 Å². The largest absolute Gasteiger partial charge is 0.490 e. The fourth-order valence-electron chi connectivity index (χ4n) is 3.66. The van der Waals surface area contributed by atoms with Crippen molar-refractivity contribution in [1.29, 1.82) is 5.41 Å². The summed E-state index contributed by atoms with van der Waals surface area (Å²) in [4.78, 5) is 16.9. The number of ether oxygens (including phenoxy) is 3. The number of aliphatic imine (C=N–C) groups is 1. The maximum absolute atomic E-state index is 12.8. The van der Waals surface area contributed by atoms with E-state index in [9.17, 15) is 4.79 Å². The molecule has 1 amide bonds. The van der Waals surface area contributed by atoms with E-state index in [0.717, 1.165) is 5.56 Å². The summed E-state index contributed by atoms with van der Waals surface area (Å²) in [7, 11) is 0. The van der Waals surface area contributed by atoms with Crippen LogP contribution in [0.25, 0.3) is 6.08 Å². The van der Waals surface area contributed by atoms with Crippen LogP contribution in [0.1, 0.15) is 18.1 Å². The summed E-state index contributed by atoms with van der Waals surface area (Å²) in [6.07, 6.45) is 1.62. The second-order valence-electron chi connectivity index (χ2n) is 8.03. The molecule has 0 bridgehead atoms. The van der Waals surface area contributed by atoms with Crippen LogP contribution in [-0.2, 0) is 11.4 Å². The van der Waals surface area contributed by atoms with E-state index < -0.39 is 5.91 Å². The molecule has 0 atom stereocenters. The first-order valence-electron chi connectivity index (χ1n) is 11.7. The highest BCUT2D eigenvalue weighted by molar-refractivity contribution is 8.27. The van der Waals surface area contributed by atoms with E-state index >= 15 is 0 Å². The lowest BCUT2D eigenvalue weighted by atomic mass is 10.1. The second kappa shape index (κ2) is 11.1. The first kappa shape index (κ1) is 24.3. The van der Waals surface area contributed by atoms with Gasteiger partial charge in [-0.2, -0.15) is 15.1 Å². The Morgan fingerprint density at radius 2 is 1.68 bits per heavy atom. The molecule has 0 spiro atoms. The molecule has 0 saturated carbocycles. The van der Waals surface area contributed by atoms with E-state index in [1.807, 2.05) is 73.7 Å². The van der Waals surface area contributed by atoms with Crippen LogP contribution < -0.4 is 14.2 Å². The molecule has 3 aromatic rings. The molecule has 0 radical (unpaired) electrons. The molecule has 37 heavy (non-hydrogen) atoms. The summed E-state index contributed by atoms with van der Waals surface area (Å²) in [6.45, 7) is 2.97. The van der Waals surface area contributed by atoms with Gasteiger partial charge in [0.05, 0.1) is 12.2 Å². The van der Waals surface area contributed by atoms with E-state index in [0.29, 0.717) is 46.2 Å². The lowest BCUT2D eigenvalue weighted by Crippen LogP contribution is -2.35. The zero-order valence-corrected chi connectivity index (χ0v) is 20.9. The normalized spacial score (nSPS) is 15.8. The minimum Gasteiger partial charge on any atom is -0.490 e. The summed E-state index contributed by atoms with van der Waals surface area (Å²) in [6, 6.07) is 24.7. The van der Waals surface area contributed by atoms with Gasteiger partial charge in [-0.05, 0) is 60.2 Å². The third kappa shape index (κ3) is 5.73. The molecule has 2 heterocycles. The van der Waals surface area contributed by atoms with Crippen molar-refractivity contribution >= 4 is 39.8 Å². The molecule has 0 unspecified atom stereocenters. The predicted octanol–water partition coefficient (Wildman–Crippen LogP) is 5.36. The van der Waals surface area contributed by atoms with Gasteiger partial charge in [-0.1, -0.05) is 54.6 Å². The summed E-state index contributed by atoms with van der Waals surface area (Å²) < 4.78 is 17.5. The Kier molecular flexibility index (Phi) is 7.32. The fourth-order valence-corrected chi connectivity index (χ4v) is 4.45. The maximum Gasteiger partial charge on any atom is 0.283 e. The van der Waals surface area contributed by atoms with E-state index in [1.54, 1.807) is 18.2 Å². The lowest BCUT2D eigenvalue weighted by Gasteiger charge is -2.20. The number of carbonyl (C=O) groups is 1. The average Bonchev–Trinajstić information content (AvgIpc) is 3.34. The molecule has 0 saturated heterocycles. The van der Waals surface area contributed by atoms with Gasteiger partial charge in [-0.25, -0.2) is 0 Å². The number of fused-ring (bicyclic) bond motifs is 1. The Morgan fingerprint density at radius 3 is 2.43 bits per heavy atom. The predicted molar refractivity (Wildman–Crippen MR) is 145 cm³/mol. The minimum atomic E-state index is -0.494. The third-order valence-corrected chi connectivity index (χ3v) is 6.30. The number of nitrogens with zero attached hydrogens (tertiary/aromatic N) is 3. The molecule has 2 aliphatic heterocycles. The van der Waals surface area contributed by atoms with Crippen molar-refractivity contribution in [2.45, 2.75) is 13.5 Å². The number of para-hydroxylation sites is 1. The quantitative estimate of drug-likeness (QED) is 0.388. The van der Waals surface area contributed by atoms with Gasteiger partial charge < -0.3 is 14.2 Å². The van der Waals surface area contributed by atoms with Crippen molar-refractivity contribution < 1.29 is 19.0 Å². The Bertz CT molecular complexity index is 1400. The minimum absolute atomic E-state index is 0.0421. The molecule has 8 nitrogen and oxygen atoms in total. The first-order valence-corrected chi connectivity index (χ1v) is 12.5. The highest BCUT2D eigenvalue weighted by Crippen LogP contribution is 2.32. The van der Waals surface area contributed by atoms with Gasteiger partial charge in [-0.3, -0.25) is 10.2 Å². The molecular formula is C28H24N4O4S. The van der Waals surface area contributed by atoms with Crippen LogP contribution in [0.5, 0.6) is 17.2 Å². The average molecular weight is 513 g/mol. The summed E-state index contributed by atoms with van der Waals surface area (Å²) in [5.74, 6) is 1.33. The Morgan fingerprint density at radius 1 is 0.919 bits per heavy atom. The van der Waals surface area contributed by atoms with Crippen molar-refractivity contribution in [1.82, 2.24) is 5.01 Å². The zero-order valence-electron chi connectivity index (χ0n) is 20.1. The van der Waals surface area contributed by atoms with Crippen LogP contribution in [0.2, 0.25) is 0 Å². The molecule has 0 aromatic heterocycles. The van der Waals surface area contributed by atoms with Crippen molar-refractivity contribution in [2.24, 2.45) is 10.1 Å². The summed E-state index contributed by atoms with van der Waals surface area (Å²) >= 11 is 1.22. The number of nitrogens with one attached hydrogen (secondary N) is 1. The molecule has 5 rings (SSSR count). The van der Waals surface area contributed by atoms with Gasteiger partial charge in [0.15, 0.2) is 17.3 Å². The van der Waals surface area contributed by atoms with Gasteiger partial charge >= 0.3 is 0 Å². The van der Waals surface area contributed by atoms with Crippen molar-refractivity contribution in [3.8, 4) is 17.2 Å². The summed E-state index contributed by atoms with van der Waals surface area (Å²) in [5.41, 5.74) is 1.87. The van der Waals surface area contributed by atoms with Gasteiger partial charge in [-0.15, -0.1) is 0 Å². The van der Waals surface area contributed by atoms with E-state index in [-0.39, 0.29) is 18.0 Å². The molecule has 3 aromatic carbocycles. The molecular weight excluding hydrogens is 488 g/mol. The standard InChI is InChI=1S/C28H24N4O4S/c1-2-34-24-16-20(13-14-23(24)36-17-19-9-5-3-6-10-19)15-22-26(29)32-28(30-27(22)33)37-25(31-32)18-35-21-11-7-4-8-12-21/h3-16,29H,2,17-18H2,1H3/b22-15-,29-26?. The van der Waals surface area contributed by atoms with Gasteiger partial charge in [0.25, 0.3) is 5.91 Å². The third-order valence-electron chi connectivity index (χ3n) is 5.42. The zero-order chi connectivity index (χ0) is 25.6. The SMILES string of the molecule is CCOc1cc(/C=C2/C(=N)N3N=C(COc4ccccc4)SC3=NC2=O)ccc1OCc1ccccc1. The number of thioether (sulfide) groups is 1. The first-order chi connectivity index (χ1) is 18.1. The number of amidine groups is 2. The monoisotopic (exact) mass is 512 g/mol. The molecule has 9 heteroatoms. The maximum atomic E-state index is 12.8. The molecule has 1 N–H and O–H groups in total. The molecule has 0 fully saturated rings. The van der Waals surface area contributed by atoms with Crippen LogP contribution in [0, 0.1) is 5.41 Å². The van der Waals surface area contributed by atoms with E-state index in [4.69, 9.17) is 19.6 Å². The van der Waals surface area contributed by atoms with Gasteiger partial charge in [0, 0.05) is 0 Å². The molecule has 2 aliphatic rings. The number of rotatable bonds is 9. The van der Waals surface area contributed by atoms with E-state index in [1.165, 1.54) is 16.8 Å². The van der Waals surface area contributed by atoms with Crippen LogP contribution in [-0.4, -0.2) is 40.2 Å². The number of hydrogen-bond acceptors (Lipinski definition) is 7. The lowest BCUT2D eigenvalue weighted by molar-refractivity contribution is -0.114. The van der Waals surface area contributed by atoms with E-state index in [2.05, 4.69) is 10.1 Å². The van der Waals surface area contributed by atoms with Crippen molar-refractivity contribution in [2.75, 3.05) is 13.2 Å². The summed E-state index contributed by atoms with van der Waals surface area (Å²) in [5, 5.41) is 15.4. The van der Waals surface area contributed by atoms with Gasteiger partial charge in [0.1, 0.15) is 24.0 Å². The molecule has 186 valence electrons. The van der Waals surface area contributed by atoms with Crippen molar-refractivity contribution in [3.05, 3.63) is 95.6 Å². The Labute approximate surface area is 218 Å². The second-order valence-corrected chi connectivity index (χ2v) is 9.07. The number of amides is 1. The number of hydrazone groups is 1. The number of carbonyl (C=O) groups excluding carboxylic acids is 1. The highest BCUT2D eigenvalue weighted by Gasteiger charge is 2.35. The number of benzene rings is 3. The topological polar surface area (TPSA) is 96.6 Å². The Balaban J connectivity index is 1.32. The highest BCUT2D eigenvalue weighted by atomic mass is 32.2. The Hall–Kier alpha value is -4.37. The van der Waals surface area contributed by atoms with Crippen LogP contribution in [0.15, 0.2) is 94.5 Å². The van der Waals surface area contributed by atoms with Crippen LogP contribution >= 0.6 is 11.8 Å². The smallest absolute Gasteiger partial charge is 0.283 e. The fraction of sp³-hybridized carbons (Fsp3) is 0.143. The van der Waals surface area contributed by atoms with Gasteiger partial charge in [0.2, 0.25) is 5.17 Å². The van der Waals surface area contributed by atoms with Crippen LogP contribution in [0.4, 0.5) is 0 Å². The molecule has 0 aliphatic carbocycles. The number of hydrogen-bond donors (Lipinski definition) is 1.